The number of hydrogen-bond donors (Lipinski definition) is 2. The van der Waals surface area contributed by atoms with Crippen molar-refractivity contribution in [2.24, 2.45) is 5.73 Å². The van der Waals surface area contributed by atoms with Gasteiger partial charge >= 0.3 is 5.69 Å². The van der Waals surface area contributed by atoms with E-state index in [-0.39, 0.29) is 29.4 Å². The number of aryl methyl sites for hydroxylation is 2. The summed E-state index contributed by atoms with van der Waals surface area (Å²) < 4.78 is 3.30. The fourth-order valence-corrected chi connectivity index (χ4v) is 3.34. The first kappa shape index (κ1) is 18.2. The van der Waals surface area contributed by atoms with Crippen LogP contribution in [0.2, 0.25) is 0 Å². The van der Waals surface area contributed by atoms with Crippen molar-refractivity contribution in [1.29, 1.82) is 0 Å². The zero-order valence-electron chi connectivity index (χ0n) is 15.2. The third-order valence-electron chi connectivity index (χ3n) is 4.83. The SMILES string of the molecule is Cc1cc(C)n(CCNC(=O)c2cn(C3CCC(N)CC3)nn2)c(=O)n1. The van der Waals surface area contributed by atoms with Crippen LogP contribution >= 0.6 is 0 Å². The molecule has 2 heterocycles. The molecule has 0 atom stereocenters. The molecule has 0 aromatic carbocycles. The Bertz CT molecular complexity index is 834. The van der Waals surface area contributed by atoms with Gasteiger partial charge in [0.1, 0.15) is 0 Å². The van der Waals surface area contributed by atoms with Crippen LogP contribution in [0.4, 0.5) is 0 Å². The highest BCUT2D eigenvalue weighted by Gasteiger charge is 2.22. The van der Waals surface area contributed by atoms with Gasteiger partial charge in [0, 0.05) is 30.5 Å². The number of hydrogen-bond acceptors (Lipinski definition) is 6. The summed E-state index contributed by atoms with van der Waals surface area (Å²) in [4.78, 5) is 28.1. The summed E-state index contributed by atoms with van der Waals surface area (Å²) >= 11 is 0. The maximum Gasteiger partial charge on any atom is 0.348 e. The highest BCUT2D eigenvalue weighted by molar-refractivity contribution is 5.91. The summed E-state index contributed by atoms with van der Waals surface area (Å²) in [7, 11) is 0. The van der Waals surface area contributed by atoms with Crippen LogP contribution in [0.25, 0.3) is 0 Å². The Morgan fingerprint density at radius 3 is 2.73 bits per heavy atom. The van der Waals surface area contributed by atoms with Crippen molar-refractivity contribution in [1.82, 2.24) is 29.9 Å². The molecule has 1 amide bonds. The van der Waals surface area contributed by atoms with E-state index in [1.54, 1.807) is 17.8 Å². The van der Waals surface area contributed by atoms with E-state index in [1.807, 2.05) is 13.0 Å². The molecule has 0 saturated heterocycles. The number of nitrogens with one attached hydrogen (secondary N) is 1. The Morgan fingerprint density at radius 1 is 1.31 bits per heavy atom. The molecule has 2 aromatic rings. The fraction of sp³-hybridized carbons (Fsp3) is 0.588. The standard InChI is InChI=1S/C17H25N7O2/c1-11-9-12(2)23(17(26)20-11)8-7-19-16(25)15-10-24(22-21-15)14-5-3-13(18)4-6-14/h9-10,13-14H,3-8,18H2,1-2H3,(H,19,25). The molecule has 3 N–H and O–H groups in total. The number of rotatable bonds is 5. The maximum atomic E-state index is 12.3. The molecular formula is C17H25N7O2. The summed E-state index contributed by atoms with van der Waals surface area (Å²) in [6.45, 7) is 4.30. The number of carbonyl (C=O) groups is 1. The zero-order valence-corrected chi connectivity index (χ0v) is 15.2. The Labute approximate surface area is 151 Å². The number of nitrogens with zero attached hydrogens (tertiary/aromatic N) is 5. The molecule has 1 aliphatic rings. The first-order valence-corrected chi connectivity index (χ1v) is 8.94. The second-order valence-corrected chi connectivity index (χ2v) is 6.88. The fourth-order valence-electron chi connectivity index (χ4n) is 3.34. The van der Waals surface area contributed by atoms with E-state index in [1.165, 1.54) is 4.57 Å². The second-order valence-electron chi connectivity index (χ2n) is 6.88. The molecule has 0 aliphatic heterocycles. The van der Waals surface area contributed by atoms with Gasteiger partial charge in [-0.25, -0.2) is 9.48 Å². The van der Waals surface area contributed by atoms with Crippen molar-refractivity contribution < 1.29 is 4.79 Å². The summed E-state index contributed by atoms with van der Waals surface area (Å²) in [6.07, 6.45) is 5.51. The largest absolute Gasteiger partial charge is 0.349 e. The van der Waals surface area contributed by atoms with Crippen LogP contribution in [-0.2, 0) is 6.54 Å². The van der Waals surface area contributed by atoms with Gasteiger partial charge in [-0.05, 0) is 45.6 Å². The summed E-state index contributed by atoms with van der Waals surface area (Å²) in [5.41, 5.74) is 7.40. The lowest BCUT2D eigenvalue weighted by Gasteiger charge is -2.25. The minimum absolute atomic E-state index is 0.253. The van der Waals surface area contributed by atoms with E-state index in [2.05, 4.69) is 20.6 Å². The molecule has 2 aromatic heterocycles. The van der Waals surface area contributed by atoms with Crippen LogP contribution in [0.5, 0.6) is 0 Å². The van der Waals surface area contributed by atoms with Crippen molar-refractivity contribution >= 4 is 5.91 Å². The molecule has 9 heteroatoms. The smallest absolute Gasteiger partial charge is 0.348 e. The molecule has 0 bridgehead atoms. The van der Waals surface area contributed by atoms with Crippen LogP contribution < -0.4 is 16.7 Å². The zero-order chi connectivity index (χ0) is 18.7. The van der Waals surface area contributed by atoms with Crippen molar-refractivity contribution in [2.45, 2.75) is 58.2 Å². The first-order chi connectivity index (χ1) is 12.4. The molecule has 0 unspecified atom stereocenters. The molecule has 0 radical (unpaired) electrons. The molecule has 9 nitrogen and oxygen atoms in total. The lowest BCUT2D eigenvalue weighted by Crippen LogP contribution is -2.33. The molecule has 1 aliphatic carbocycles. The second kappa shape index (κ2) is 7.77. The Balaban J connectivity index is 1.55. The molecule has 26 heavy (non-hydrogen) atoms. The van der Waals surface area contributed by atoms with Crippen LogP contribution in [0.3, 0.4) is 0 Å². The van der Waals surface area contributed by atoms with Crippen LogP contribution in [0.1, 0.15) is 53.6 Å². The quantitative estimate of drug-likeness (QED) is 0.793. The van der Waals surface area contributed by atoms with Gasteiger partial charge in [-0.15, -0.1) is 5.10 Å². The lowest BCUT2D eigenvalue weighted by atomic mass is 9.92. The average molecular weight is 359 g/mol. The topological polar surface area (TPSA) is 121 Å². The Kier molecular flexibility index (Phi) is 5.46. The normalized spacial score (nSPS) is 20.1. The van der Waals surface area contributed by atoms with Crippen molar-refractivity contribution in [2.75, 3.05) is 6.54 Å². The average Bonchev–Trinajstić information content (AvgIpc) is 3.08. The maximum absolute atomic E-state index is 12.3. The minimum atomic E-state index is -0.307. The van der Waals surface area contributed by atoms with Gasteiger partial charge < -0.3 is 11.1 Å². The monoisotopic (exact) mass is 359 g/mol. The molecular weight excluding hydrogens is 334 g/mol. The summed E-state index contributed by atoms with van der Waals surface area (Å²) in [5.74, 6) is -0.297. The van der Waals surface area contributed by atoms with Crippen LogP contribution in [0.15, 0.2) is 17.1 Å². The molecule has 3 rings (SSSR count). The molecule has 140 valence electrons. The van der Waals surface area contributed by atoms with Gasteiger partial charge in [0.2, 0.25) is 0 Å². The van der Waals surface area contributed by atoms with Crippen molar-refractivity contribution in [3.8, 4) is 0 Å². The van der Waals surface area contributed by atoms with Crippen molar-refractivity contribution in [3.63, 3.8) is 0 Å². The minimum Gasteiger partial charge on any atom is -0.349 e. The first-order valence-electron chi connectivity index (χ1n) is 8.94. The number of nitrogens with two attached hydrogens (primary N) is 1. The van der Waals surface area contributed by atoms with Gasteiger partial charge in [0.25, 0.3) is 5.91 Å². The summed E-state index contributed by atoms with van der Waals surface area (Å²) in [5, 5.41) is 10.8. The van der Waals surface area contributed by atoms with Gasteiger partial charge in [0.05, 0.1) is 12.2 Å². The number of aromatic nitrogens is 5. The third kappa shape index (κ3) is 4.16. The Hall–Kier alpha value is -2.55. The van der Waals surface area contributed by atoms with E-state index < -0.39 is 0 Å². The van der Waals surface area contributed by atoms with Gasteiger partial charge in [-0.3, -0.25) is 9.36 Å². The lowest BCUT2D eigenvalue weighted by molar-refractivity contribution is 0.0947. The highest BCUT2D eigenvalue weighted by atomic mass is 16.2. The van der Waals surface area contributed by atoms with Crippen molar-refractivity contribution in [3.05, 3.63) is 39.8 Å². The van der Waals surface area contributed by atoms with E-state index >= 15 is 0 Å². The Morgan fingerprint density at radius 2 is 2.04 bits per heavy atom. The number of amides is 1. The predicted octanol–water partition coefficient (Wildman–Crippen LogP) is 0.324. The predicted molar refractivity (Wildman–Crippen MR) is 95.8 cm³/mol. The molecule has 1 fully saturated rings. The van der Waals surface area contributed by atoms with Gasteiger partial charge in [0.15, 0.2) is 5.69 Å². The molecule has 1 saturated carbocycles. The number of carbonyl (C=O) groups excluding carboxylic acids is 1. The highest BCUT2D eigenvalue weighted by Crippen LogP contribution is 2.26. The van der Waals surface area contributed by atoms with Crippen LogP contribution in [-0.4, -0.2) is 43.0 Å². The van der Waals surface area contributed by atoms with E-state index in [0.29, 0.717) is 18.8 Å². The third-order valence-corrected chi connectivity index (χ3v) is 4.83. The van der Waals surface area contributed by atoms with E-state index in [0.717, 1.165) is 31.4 Å². The van der Waals surface area contributed by atoms with E-state index in [4.69, 9.17) is 5.73 Å². The summed E-state index contributed by atoms with van der Waals surface area (Å²) in [6, 6.07) is 2.36. The van der Waals surface area contributed by atoms with Crippen LogP contribution in [0, 0.1) is 13.8 Å². The molecule has 0 spiro atoms. The van der Waals surface area contributed by atoms with Gasteiger partial charge in [-0.2, -0.15) is 4.98 Å². The van der Waals surface area contributed by atoms with Gasteiger partial charge in [-0.1, -0.05) is 5.21 Å². The van der Waals surface area contributed by atoms with E-state index in [9.17, 15) is 9.59 Å².